The molecule has 1 aromatic carbocycles. The van der Waals surface area contributed by atoms with Gasteiger partial charge in [0.2, 0.25) is 0 Å². The highest BCUT2D eigenvalue weighted by Gasteiger charge is 2.42. The second-order valence-corrected chi connectivity index (χ2v) is 6.63. The van der Waals surface area contributed by atoms with Gasteiger partial charge in [0.25, 0.3) is 11.5 Å². The standard InChI is InChI=1S/C18H20N2O3/c21-16-14-5-2-1-4-13(14)15(11-19-16)17(22)20-12-6-9-23-18(10-12)7-3-8-18/h1-2,4-5,11-12H,3,6-10H2,(H,19,21)(H,20,22). The molecule has 2 aromatic rings. The highest BCUT2D eigenvalue weighted by atomic mass is 16.5. The van der Waals surface area contributed by atoms with Crippen LogP contribution < -0.4 is 10.9 Å². The summed E-state index contributed by atoms with van der Waals surface area (Å²) in [7, 11) is 0. The van der Waals surface area contributed by atoms with E-state index in [1.54, 1.807) is 12.1 Å². The van der Waals surface area contributed by atoms with Crippen LogP contribution in [0.2, 0.25) is 0 Å². The maximum absolute atomic E-state index is 12.7. The number of pyridine rings is 1. The van der Waals surface area contributed by atoms with E-state index < -0.39 is 0 Å². The van der Waals surface area contributed by atoms with Crippen LogP contribution in [0.15, 0.2) is 35.3 Å². The van der Waals surface area contributed by atoms with Crippen molar-refractivity contribution in [2.45, 2.75) is 43.7 Å². The van der Waals surface area contributed by atoms with Gasteiger partial charge in [-0.1, -0.05) is 18.2 Å². The largest absolute Gasteiger partial charge is 0.375 e. The van der Waals surface area contributed by atoms with E-state index in [0.717, 1.165) is 25.7 Å². The molecule has 0 radical (unpaired) electrons. The molecule has 0 bridgehead atoms. The van der Waals surface area contributed by atoms with E-state index in [9.17, 15) is 9.59 Å². The monoisotopic (exact) mass is 312 g/mol. The number of hydrogen-bond acceptors (Lipinski definition) is 3. The highest BCUT2D eigenvalue weighted by Crippen LogP contribution is 2.42. The minimum absolute atomic E-state index is 0.00324. The molecule has 5 heteroatoms. The van der Waals surface area contributed by atoms with E-state index in [-0.39, 0.29) is 23.1 Å². The summed E-state index contributed by atoms with van der Waals surface area (Å²) in [5.41, 5.74) is 0.356. The van der Waals surface area contributed by atoms with Crippen LogP contribution >= 0.6 is 0 Å². The van der Waals surface area contributed by atoms with Crippen LogP contribution in [0.25, 0.3) is 10.8 Å². The molecule has 1 spiro atoms. The van der Waals surface area contributed by atoms with Crippen LogP contribution in [0.3, 0.4) is 0 Å². The van der Waals surface area contributed by atoms with E-state index in [4.69, 9.17) is 4.74 Å². The average Bonchev–Trinajstić information content (AvgIpc) is 2.54. The number of H-pyrrole nitrogens is 1. The number of fused-ring (bicyclic) bond motifs is 1. The van der Waals surface area contributed by atoms with Crippen LogP contribution in [-0.2, 0) is 4.74 Å². The minimum atomic E-state index is -0.170. The Bertz CT molecular complexity index is 807. The van der Waals surface area contributed by atoms with Gasteiger partial charge in [-0.05, 0) is 38.2 Å². The van der Waals surface area contributed by atoms with Crippen molar-refractivity contribution in [1.29, 1.82) is 0 Å². The number of benzene rings is 1. The van der Waals surface area contributed by atoms with Crippen molar-refractivity contribution in [2.24, 2.45) is 0 Å². The van der Waals surface area contributed by atoms with Crippen molar-refractivity contribution in [1.82, 2.24) is 10.3 Å². The Balaban J connectivity index is 1.58. The Morgan fingerprint density at radius 3 is 2.78 bits per heavy atom. The molecule has 1 unspecified atom stereocenters. The molecule has 2 N–H and O–H groups in total. The zero-order valence-corrected chi connectivity index (χ0v) is 12.9. The lowest BCUT2D eigenvalue weighted by Crippen LogP contribution is -2.52. The fourth-order valence-electron chi connectivity index (χ4n) is 3.73. The predicted octanol–water partition coefficient (Wildman–Crippen LogP) is 2.36. The molecule has 1 aliphatic heterocycles. The van der Waals surface area contributed by atoms with E-state index in [0.29, 0.717) is 22.9 Å². The third-order valence-electron chi connectivity index (χ3n) is 5.15. The smallest absolute Gasteiger partial charge is 0.255 e. The maximum Gasteiger partial charge on any atom is 0.255 e. The third kappa shape index (κ3) is 2.55. The first-order chi connectivity index (χ1) is 11.2. The number of aromatic nitrogens is 1. The molecule has 1 aromatic heterocycles. The van der Waals surface area contributed by atoms with Gasteiger partial charge < -0.3 is 15.0 Å². The normalized spacial score (nSPS) is 22.7. The molecule has 4 rings (SSSR count). The molecule has 1 saturated heterocycles. The maximum atomic E-state index is 12.7. The zero-order chi connectivity index (χ0) is 15.9. The summed E-state index contributed by atoms with van der Waals surface area (Å²) in [6.45, 7) is 0.706. The molecular weight excluding hydrogens is 292 g/mol. The molecule has 23 heavy (non-hydrogen) atoms. The Morgan fingerprint density at radius 2 is 2.04 bits per heavy atom. The number of amides is 1. The summed E-state index contributed by atoms with van der Waals surface area (Å²) in [5.74, 6) is -0.126. The van der Waals surface area contributed by atoms with E-state index in [2.05, 4.69) is 10.3 Å². The lowest BCUT2D eigenvalue weighted by Gasteiger charge is -2.47. The summed E-state index contributed by atoms with van der Waals surface area (Å²) in [4.78, 5) is 27.2. The molecule has 2 fully saturated rings. The Labute approximate surface area is 134 Å². The second kappa shape index (κ2) is 5.49. The SMILES string of the molecule is O=C(NC1CCOC2(CCC2)C1)c1c[nH]c(=O)c2ccccc12. The number of carbonyl (C=O) groups is 1. The van der Waals surface area contributed by atoms with Crippen molar-refractivity contribution >= 4 is 16.7 Å². The molecule has 5 nitrogen and oxygen atoms in total. The number of nitrogens with one attached hydrogen (secondary N) is 2. The molecule has 2 aliphatic rings. The fraction of sp³-hybridized carbons (Fsp3) is 0.444. The molecular formula is C18H20N2O3. The van der Waals surface area contributed by atoms with Crippen LogP contribution in [0.4, 0.5) is 0 Å². The number of rotatable bonds is 2. The summed E-state index contributed by atoms with van der Waals surface area (Å²) in [6.07, 6.45) is 6.65. The number of carbonyl (C=O) groups excluding carboxylic acids is 1. The third-order valence-corrected chi connectivity index (χ3v) is 5.15. The topological polar surface area (TPSA) is 71.2 Å². The lowest BCUT2D eigenvalue weighted by atomic mass is 9.74. The second-order valence-electron chi connectivity index (χ2n) is 6.63. The molecule has 1 atom stereocenters. The van der Waals surface area contributed by atoms with Crippen LogP contribution in [0.1, 0.15) is 42.5 Å². The van der Waals surface area contributed by atoms with Gasteiger partial charge in [-0.3, -0.25) is 9.59 Å². The van der Waals surface area contributed by atoms with Gasteiger partial charge >= 0.3 is 0 Å². The number of hydrogen-bond donors (Lipinski definition) is 2. The first kappa shape index (κ1) is 14.5. The fourth-order valence-corrected chi connectivity index (χ4v) is 3.73. The Kier molecular flexibility index (Phi) is 3.45. The first-order valence-corrected chi connectivity index (χ1v) is 8.22. The first-order valence-electron chi connectivity index (χ1n) is 8.22. The van der Waals surface area contributed by atoms with Gasteiger partial charge in [0, 0.05) is 29.6 Å². The summed E-state index contributed by atoms with van der Waals surface area (Å²) < 4.78 is 5.91. The van der Waals surface area contributed by atoms with Gasteiger partial charge in [0.1, 0.15) is 0 Å². The molecule has 1 amide bonds. The molecule has 2 heterocycles. The van der Waals surface area contributed by atoms with Crippen molar-refractivity contribution in [3.8, 4) is 0 Å². The summed E-state index contributed by atoms with van der Waals surface area (Å²) in [5, 5.41) is 4.37. The minimum Gasteiger partial charge on any atom is -0.375 e. The molecule has 1 saturated carbocycles. The number of ether oxygens (including phenoxy) is 1. The van der Waals surface area contributed by atoms with Gasteiger partial charge in [0.15, 0.2) is 0 Å². The predicted molar refractivity (Wildman–Crippen MR) is 87.6 cm³/mol. The van der Waals surface area contributed by atoms with Crippen LogP contribution in [0.5, 0.6) is 0 Å². The Hall–Kier alpha value is -2.14. The van der Waals surface area contributed by atoms with Crippen molar-refractivity contribution in [2.75, 3.05) is 6.61 Å². The summed E-state index contributed by atoms with van der Waals surface area (Å²) >= 11 is 0. The van der Waals surface area contributed by atoms with Gasteiger partial charge in [-0.25, -0.2) is 0 Å². The molecule has 1 aliphatic carbocycles. The van der Waals surface area contributed by atoms with Gasteiger partial charge in [0.05, 0.1) is 11.2 Å². The van der Waals surface area contributed by atoms with Crippen molar-refractivity contribution in [3.05, 3.63) is 46.4 Å². The summed E-state index contributed by atoms with van der Waals surface area (Å²) in [6, 6.07) is 7.34. The van der Waals surface area contributed by atoms with E-state index >= 15 is 0 Å². The van der Waals surface area contributed by atoms with E-state index in [1.807, 2.05) is 12.1 Å². The van der Waals surface area contributed by atoms with E-state index in [1.165, 1.54) is 12.6 Å². The zero-order valence-electron chi connectivity index (χ0n) is 12.9. The van der Waals surface area contributed by atoms with Crippen LogP contribution in [0, 0.1) is 0 Å². The Morgan fingerprint density at radius 1 is 1.26 bits per heavy atom. The van der Waals surface area contributed by atoms with Crippen molar-refractivity contribution in [3.63, 3.8) is 0 Å². The van der Waals surface area contributed by atoms with Crippen molar-refractivity contribution < 1.29 is 9.53 Å². The van der Waals surface area contributed by atoms with Crippen LogP contribution in [-0.4, -0.2) is 29.1 Å². The van der Waals surface area contributed by atoms with Gasteiger partial charge in [-0.2, -0.15) is 0 Å². The quantitative estimate of drug-likeness (QED) is 0.894. The number of aromatic amines is 1. The lowest BCUT2D eigenvalue weighted by molar-refractivity contribution is -0.134. The average molecular weight is 312 g/mol. The highest BCUT2D eigenvalue weighted by molar-refractivity contribution is 6.06. The van der Waals surface area contributed by atoms with Gasteiger partial charge in [-0.15, -0.1) is 0 Å². The molecule has 120 valence electrons.